The lowest BCUT2D eigenvalue weighted by Gasteiger charge is -2.10. The molecule has 7 nitrogen and oxygen atoms in total. The van der Waals surface area contributed by atoms with Gasteiger partial charge in [0.15, 0.2) is 15.8 Å². The molecule has 0 unspecified atom stereocenters. The molecule has 0 aliphatic rings. The Bertz CT molecular complexity index is 730. The Morgan fingerprint density at radius 2 is 1.90 bits per heavy atom. The van der Waals surface area contributed by atoms with Crippen LogP contribution in [-0.4, -0.2) is 39.1 Å². The summed E-state index contributed by atoms with van der Waals surface area (Å²) in [5.41, 5.74) is 0. The van der Waals surface area contributed by atoms with Gasteiger partial charge in [0, 0.05) is 6.07 Å². The lowest BCUT2D eigenvalue weighted by Crippen LogP contribution is -2.13. The Kier molecular flexibility index (Phi) is 4.91. The van der Waals surface area contributed by atoms with Gasteiger partial charge in [-0.1, -0.05) is 23.1 Å². The Labute approximate surface area is 130 Å². The van der Waals surface area contributed by atoms with Crippen molar-refractivity contribution in [1.29, 1.82) is 0 Å². The molecule has 10 heteroatoms. The molecule has 0 saturated carbocycles. The van der Waals surface area contributed by atoms with Crippen molar-refractivity contribution < 1.29 is 17.9 Å². The van der Waals surface area contributed by atoms with E-state index in [2.05, 4.69) is 14.9 Å². The number of nitrogens with one attached hydrogen (secondary N) is 1. The van der Waals surface area contributed by atoms with Gasteiger partial charge in [-0.15, -0.1) is 10.2 Å². The first-order chi connectivity index (χ1) is 10.00. The molecule has 0 aliphatic carbocycles. The molecular weight excluding hydrogens is 334 g/mol. The average Bonchev–Trinajstić information content (AvgIpc) is 2.93. The number of aromatic nitrogens is 2. The van der Waals surface area contributed by atoms with Crippen LogP contribution in [0.25, 0.3) is 0 Å². The van der Waals surface area contributed by atoms with Gasteiger partial charge < -0.3 is 9.47 Å². The van der Waals surface area contributed by atoms with E-state index in [1.54, 1.807) is 0 Å². The van der Waals surface area contributed by atoms with Gasteiger partial charge in [0.2, 0.25) is 5.13 Å². The summed E-state index contributed by atoms with van der Waals surface area (Å²) in [4.78, 5) is 0.0565. The summed E-state index contributed by atoms with van der Waals surface area (Å²) in [6.45, 7) is 0. The van der Waals surface area contributed by atoms with E-state index in [-0.39, 0.29) is 10.0 Å². The lowest BCUT2D eigenvalue weighted by molar-refractivity contribution is 0.354. The van der Waals surface area contributed by atoms with E-state index in [0.717, 1.165) is 0 Å². The molecule has 21 heavy (non-hydrogen) atoms. The molecule has 0 aliphatic heterocycles. The molecule has 0 radical (unpaired) electrons. The van der Waals surface area contributed by atoms with Gasteiger partial charge in [0.25, 0.3) is 10.0 Å². The maximum atomic E-state index is 12.3. The van der Waals surface area contributed by atoms with Gasteiger partial charge in [0.1, 0.15) is 0 Å². The monoisotopic (exact) mass is 347 g/mol. The fourth-order valence-electron chi connectivity index (χ4n) is 1.49. The van der Waals surface area contributed by atoms with Crippen LogP contribution in [0.1, 0.15) is 0 Å². The number of methoxy groups -OCH3 is 2. The van der Waals surface area contributed by atoms with Crippen molar-refractivity contribution in [2.24, 2.45) is 0 Å². The number of hydrogen-bond donors (Lipinski definition) is 1. The van der Waals surface area contributed by atoms with Crippen molar-refractivity contribution in [2.45, 2.75) is 9.24 Å². The summed E-state index contributed by atoms with van der Waals surface area (Å²) < 4.78 is 37.8. The Morgan fingerprint density at radius 1 is 1.19 bits per heavy atom. The van der Waals surface area contributed by atoms with Crippen LogP contribution in [0.3, 0.4) is 0 Å². The van der Waals surface area contributed by atoms with Gasteiger partial charge >= 0.3 is 0 Å². The number of benzene rings is 1. The SMILES string of the molecule is COc1ccc(S(=O)(=O)Nc2nnc(SC)s2)cc1OC. The van der Waals surface area contributed by atoms with Gasteiger partial charge in [-0.3, -0.25) is 4.72 Å². The van der Waals surface area contributed by atoms with Gasteiger partial charge in [-0.2, -0.15) is 0 Å². The predicted octanol–water partition coefficient (Wildman–Crippen LogP) is 2.08. The van der Waals surface area contributed by atoms with Gasteiger partial charge in [0.05, 0.1) is 19.1 Å². The van der Waals surface area contributed by atoms with E-state index >= 15 is 0 Å². The average molecular weight is 347 g/mol. The first-order valence-electron chi connectivity index (χ1n) is 5.62. The normalized spacial score (nSPS) is 11.2. The van der Waals surface area contributed by atoms with Crippen LogP contribution < -0.4 is 14.2 Å². The fraction of sp³-hybridized carbons (Fsp3) is 0.273. The number of sulfonamides is 1. The topological polar surface area (TPSA) is 90.4 Å². The van der Waals surface area contributed by atoms with Crippen molar-refractivity contribution in [2.75, 3.05) is 25.2 Å². The molecule has 1 N–H and O–H groups in total. The van der Waals surface area contributed by atoms with Crippen molar-refractivity contribution in [3.05, 3.63) is 18.2 Å². The van der Waals surface area contributed by atoms with Crippen LogP contribution >= 0.6 is 23.1 Å². The summed E-state index contributed by atoms with van der Waals surface area (Å²) in [5.74, 6) is 0.791. The zero-order valence-corrected chi connectivity index (χ0v) is 13.9. The summed E-state index contributed by atoms with van der Waals surface area (Å²) in [5, 5.41) is 7.83. The van der Waals surface area contributed by atoms with Gasteiger partial charge in [-0.05, 0) is 18.4 Å². The molecular formula is C11H13N3O4S3. The van der Waals surface area contributed by atoms with Crippen LogP contribution in [0.15, 0.2) is 27.4 Å². The predicted molar refractivity (Wildman–Crippen MR) is 82.0 cm³/mol. The molecule has 2 rings (SSSR count). The first kappa shape index (κ1) is 15.9. The van der Waals surface area contributed by atoms with E-state index in [9.17, 15) is 8.42 Å². The largest absolute Gasteiger partial charge is 0.493 e. The maximum Gasteiger partial charge on any atom is 0.263 e. The van der Waals surface area contributed by atoms with Crippen LogP contribution in [0, 0.1) is 0 Å². The highest BCUT2D eigenvalue weighted by molar-refractivity contribution is 8.00. The zero-order valence-electron chi connectivity index (χ0n) is 11.5. The summed E-state index contributed by atoms with van der Waals surface area (Å²) in [7, 11) is -0.829. The second-order valence-electron chi connectivity index (χ2n) is 3.70. The summed E-state index contributed by atoms with van der Waals surface area (Å²) in [6.07, 6.45) is 1.84. The fourth-order valence-corrected chi connectivity index (χ4v) is 3.91. The van der Waals surface area contributed by atoms with E-state index < -0.39 is 10.0 Å². The molecule has 1 aromatic heterocycles. The minimum atomic E-state index is -3.75. The van der Waals surface area contributed by atoms with Crippen molar-refractivity contribution in [3.8, 4) is 11.5 Å². The zero-order chi connectivity index (χ0) is 15.5. The lowest BCUT2D eigenvalue weighted by atomic mass is 10.3. The van der Waals surface area contributed by atoms with Crippen LogP contribution in [-0.2, 0) is 10.0 Å². The molecule has 0 fully saturated rings. The number of hydrogen-bond acceptors (Lipinski definition) is 8. The number of nitrogens with zero attached hydrogens (tertiary/aromatic N) is 2. The van der Waals surface area contributed by atoms with Crippen LogP contribution in [0.5, 0.6) is 11.5 Å². The summed E-state index contributed by atoms with van der Waals surface area (Å²) >= 11 is 2.56. The van der Waals surface area contributed by atoms with Crippen LogP contribution in [0.2, 0.25) is 0 Å². The molecule has 0 saturated heterocycles. The highest BCUT2D eigenvalue weighted by Crippen LogP contribution is 2.31. The molecule has 0 bridgehead atoms. The first-order valence-corrected chi connectivity index (χ1v) is 9.15. The third-order valence-electron chi connectivity index (χ3n) is 2.47. The Balaban J connectivity index is 2.30. The molecule has 0 atom stereocenters. The highest BCUT2D eigenvalue weighted by atomic mass is 32.2. The summed E-state index contributed by atoms with van der Waals surface area (Å²) in [6, 6.07) is 4.35. The molecule has 114 valence electrons. The van der Waals surface area contributed by atoms with E-state index in [1.165, 1.54) is 55.5 Å². The highest BCUT2D eigenvalue weighted by Gasteiger charge is 2.19. The molecule has 0 spiro atoms. The standard InChI is InChI=1S/C11H13N3O4S3/c1-17-8-5-4-7(6-9(8)18-2)21(15,16)14-10-12-13-11(19-3)20-10/h4-6H,1-3H3,(H,12,14). The second kappa shape index (κ2) is 6.50. The van der Waals surface area contributed by atoms with Crippen LogP contribution in [0.4, 0.5) is 5.13 Å². The molecule has 1 heterocycles. The smallest absolute Gasteiger partial charge is 0.263 e. The molecule has 2 aromatic rings. The van der Waals surface area contributed by atoms with Crippen molar-refractivity contribution >= 4 is 38.3 Å². The van der Waals surface area contributed by atoms with E-state index in [0.29, 0.717) is 15.8 Å². The quantitative estimate of drug-likeness (QED) is 0.800. The molecule has 0 amide bonds. The number of ether oxygens (including phenoxy) is 2. The minimum absolute atomic E-state index is 0.0565. The van der Waals surface area contributed by atoms with E-state index in [4.69, 9.17) is 9.47 Å². The second-order valence-corrected chi connectivity index (χ2v) is 7.41. The minimum Gasteiger partial charge on any atom is -0.493 e. The third-order valence-corrected chi connectivity index (χ3v) is 5.75. The number of rotatable bonds is 6. The maximum absolute atomic E-state index is 12.3. The van der Waals surface area contributed by atoms with E-state index in [1.807, 2.05) is 6.26 Å². The van der Waals surface area contributed by atoms with Crippen molar-refractivity contribution in [1.82, 2.24) is 10.2 Å². The van der Waals surface area contributed by atoms with Gasteiger partial charge in [-0.25, -0.2) is 8.42 Å². The number of anilines is 1. The molecule has 1 aromatic carbocycles. The third kappa shape index (κ3) is 3.57. The Morgan fingerprint density at radius 3 is 2.48 bits per heavy atom. The Hall–Kier alpha value is -1.52. The number of thioether (sulfide) groups is 1. The van der Waals surface area contributed by atoms with Crippen molar-refractivity contribution in [3.63, 3.8) is 0 Å².